The van der Waals surface area contributed by atoms with Crippen molar-refractivity contribution in [1.82, 2.24) is 20.2 Å². The van der Waals surface area contributed by atoms with Crippen molar-refractivity contribution in [1.29, 1.82) is 0 Å². The summed E-state index contributed by atoms with van der Waals surface area (Å²) in [6.45, 7) is 7.28. The molecule has 0 aliphatic carbocycles. The number of nitrogens with one attached hydrogen (secondary N) is 1. The van der Waals surface area contributed by atoms with E-state index in [1.165, 1.54) is 6.33 Å². The molecule has 1 saturated heterocycles. The van der Waals surface area contributed by atoms with Gasteiger partial charge in [0.15, 0.2) is 0 Å². The molecule has 3 heterocycles. The maximum Gasteiger partial charge on any atom is 0.253 e. The molecule has 1 fully saturated rings. The van der Waals surface area contributed by atoms with Gasteiger partial charge in [0.2, 0.25) is 0 Å². The van der Waals surface area contributed by atoms with Gasteiger partial charge in [0.25, 0.3) is 5.91 Å². The van der Waals surface area contributed by atoms with Crippen LogP contribution in [-0.4, -0.2) is 52.6 Å². The summed E-state index contributed by atoms with van der Waals surface area (Å²) in [5.74, 6) is 0.961. The minimum absolute atomic E-state index is 0.0686. The van der Waals surface area contributed by atoms with Gasteiger partial charge in [-0.05, 0) is 74.0 Å². The quantitative estimate of drug-likeness (QED) is 0.612. The lowest BCUT2D eigenvalue weighted by molar-refractivity contribution is 0.0772. The maximum absolute atomic E-state index is 12.8. The summed E-state index contributed by atoms with van der Waals surface area (Å²) in [5, 5.41) is 3.44. The molecular formula is C28H30N4O2. The third-order valence-electron chi connectivity index (χ3n) is 6.83. The van der Waals surface area contributed by atoms with Gasteiger partial charge in [-0.2, -0.15) is 0 Å². The molecule has 6 heteroatoms. The Morgan fingerprint density at radius 3 is 2.32 bits per heavy atom. The first kappa shape index (κ1) is 22.3. The molecule has 0 bridgehead atoms. The van der Waals surface area contributed by atoms with Gasteiger partial charge in [0.05, 0.1) is 0 Å². The standard InChI is InChI=1S/C28H30N4O2/c1-3-32(4-2)27(33)21-7-5-20(6-8-21)25-16-28(11-13-29-14-12-28)34-26-10-9-22(15-24(25)26)23-17-30-19-31-18-23/h5-10,15-19,29H,3-4,11-14H2,1-2H3. The Bertz CT molecular complexity index is 1190. The predicted octanol–water partition coefficient (Wildman–Crippen LogP) is 4.57. The van der Waals surface area contributed by atoms with Crippen LogP contribution in [0.3, 0.4) is 0 Å². The van der Waals surface area contributed by atoms with Crippen LogP contribution in [0.25, 0.3) is 16.7 Å². The van der Waals surface area contributed by atoms with Gasteiger partial charge in [0.1, 0.15) is 17.7 Å². The van der Waals surface area contributed by atoms with Crippen LogP contribution in [0.5, 0.6) is 5.75 Å². The SMILES string of the molecule is CCN(CC)C(=O)c1ccc(C2=CC3(CCNCC3)Oc3ccc(-c4cncnc4)cc32)cc1. The Balaban J connectivity index is 1.57. The third kappa shape index (κ3) is 4.21. The fourth-order valence-electron chi connectivity index (χ4n) is 4.87. The maximum atomic E-state index is 12.8. The summed E-state index contributed by atoms with van der Waals surface area (Å²) in [6.07, 6.45) is 9.32. The molecule has 5 rings (SSSR count). The number of nitrogens with zero attached hydrogens (tertiary/aromatic N) is 3. The molecule has 2 aliphatic rings. The molecule has 1 N–H and O–H groups in total. The second kappa shape index (κ2) is 9.39. The lowest BCUT2D eigenvalue weighted by Gasteiger charge is -2.40. The Kier molecular flexibility index (Phi) is 6.16. The number of hydrogen-bond donors (Lipinski definition) is 1. The molecule has 0 saturated carbocycles. The molecule has 0 atom stereocenters. The van der Waals surface area contributed by atoms with Gasteiger partial charge in [-0.15, -0.1) is 0 Å². The van der Waals surface area contributed by atoms with Crippen molar-refractivity contribution in [2.75, 3.05) is 26.2 Å². The summed E-state index contributed by atoms with van der Waals surface area (Å²) in [4.78, 5) is 23.0. The van der Waals surface area contributed by atoms with Crippen molar-refractivity contribution >= 4 is 11.5 Å². The summed E-state index contributed by atoms with van der Waals surface area (Å²) in [5.41, 5.74) is 5.68. The zero-order valence-corrected chi connectivity index (χ0v) is 19.8. The first-order valence-electron chi connectivity index (χ1n) is 12.0. The number of amides is 1. The fourth-order valence-corrected chi connectivity index (χ4v) is 4.87. The van der Waals surface area contributed by atoms with Gasteiger partial charge in [-0.1, -0.05) is 18.2 Å². The minimum atomic E-state index is -0.319. The van der Waals surface area contributed by atoms with Crippen molar-refractivity contribution in [3.63, 3.8) is 0 Å². The number of fused-ring (bicyclic) bond motifs is 1. The average Bonchev–Trinajstić information content (AvgIpc) is 2.90. The van der Waals surface area contributed by atoms with E-state index >= 15 is 0 Å². The number of carbonyl (C=O) groups excluding carboxylic acids is 1. The highest BCUT2D eigenvalue weighted by Gasteiger charge is 2.37. The van der Waals surface area contributed by atoms with Crippen LogP contribution in [0.1, 0.15) is 48.2 Å². The second-order valence-corrected chi connectivity index (χ2v) is 8.87. The summed E-state index contributed by atoms with van der Waals surface area (Å²) in [6, 6.07) is 14.3. The number of ether oxygens (including phenoxy) is 1. The van der Waals surface area contributed by atoms with Gasteiger partial charge in [-0.3, -0.25) is 4.79 Å². The molecule has 2 aromatic carbocycles. The Morgan fingerprint density at radius 1 is 0.971 bits per heavy atom. The lowest BCUT2D eigenvalue weighted by atomic mass is 9.82. The predicted molar refractivity (Wildman–Crippen MR) is 134 cm³/mol. The van der Waals surface area contributed by atoms with Crippen molar-refractivity contribution in [2.45, 2.75) is 32.3 Å². The second-order valence-electron chi connectivity index (χ2n) is 8.87. The molecule has 0 radical (unpaired) electrons. The molecular weight excluding hydrogens is 424 g/mol. The van der Waals surface area contributed by atoms with E-state index in [1.807, 2.05) is 43.3 Å². The van der Waals surface area contributed by atoms with Crippen LogP contribution < -0.4 is 10.1 Å². The molecule has 2 aliphatic heterocycles. The zero-order valence-electron chi connectivity index (χ0n) is 19.8. The van der Waals surface area contributed by atoms with Crippen LogP contribution >= 0.6 is 0 Å². The molecule has 3 aromatic rings. The van der Waals surface area contributed by atoms with E-state index in [0.29, 0.717) is 18.7 Å². The number of carbonyl (C=O) groups is 1. The fraction of sp³-hybridized carbons (Fsp3) is 0.321. The van der Waals surface area contributed by atoms with Crippen LogP contribution in [0.4, 0.5) is 0 Å². The molecule has 1 aromatic heterocycles. The van der Waals surface area contributed by atoms with E-state index in [9.17, 15) is 4.79 Å². The van der Waals surface area contributed by atoms with Crippen molar-refractivity contribution in [2.24, 2.45) is 0 Å². The van der Waals surface area contributed by atoms with Gasteiger partial charge in [-0.25, -0.2) is 9.97 Å². The van der Waals surface area contributed by atoms with Gasteiger partial charge >= 0.3 is 0 Å². The number of rotatable bonds is 5. The van der Waals surface area contributed by atoms with Crippen LogP contribution in [0, 0.1) is 0 Å². The van der Waals surface area contributed by atoms with Crippen molar-refractivity contribution < 1.29 is 9.53 Å². The molecule has 1 spiro atoms. The molecule has 0 unspecified atom stereocenters. The summed E-state index contributed by atoms with van der Waals surface area (Å²) in [7, 11) is 0. The smallest absolute Gasteiger partial charge is 0.253 e. The van der Waals surface area contributed by atoms with Gasteiger partial charge < -0.3 is 15.0 Å². The van der Waals surface area contributed by atoms with Gasteiger partial charge in [0, 0.05) is 55.0 Å². The molecule has 174 valence electrons. The monoisotopic (exact) mass is 454 g/mol. The van der Waals surface area contributed by atoms with Crippen molar-refractivity contribution in [3.05, 3.63) is 84.0 Å². The Hall–Kier alpha value is -3.51. The average molecular weight is 455 g/mol. The normalized spacial score (nSPS) is 16.4. The highest BCUT2D eigenvalue weighted by atomic mass is 16.5. The lowest BCUT2D eigenvalue weighted by Crippen LogP contribution is -2.46. The summed E-state index contributed by atoms with van der Waals surface area (Å²) >= 11 is 0. The topological polar surface area (TPSA) is 67.4 Å². The first-order chi connectivity index (χ1) is 16.6. The largest absolute Gasteiger partial charge is 0.482 e. The molecule has 34 heavy (non-hydrogen) atoms. The number of aromatic nitrogens is 2. The highest BCUT2D eigenvalue weighted by Crippen LogP contribution is 2.44. The Morgan fingerprint density at radius 2 is 1.65 bits per heavy atom. The van der Waals surface area contributed by atoms with Crippen LogP contribution in [-0.2, 0) is 0 Å². The highest BCUT2D eigenvalue weighted by molar-refractivity contribution is 5.95. The van der Waals surface area contributed by atoms with Crippen LogP contribution in [0.2, 0.25) is 0 Å². The number of piperidine rings is 1. The van der Waals surface area contributed by atoms with Crippen LogP contribution in [0.15, 0.2) is 67.3 Å². The zero-order chi connectivity index (χ0) is 23.5. The van der Waals surface area contributed by atoms with Crippen molar-refractivity contribution in [3.8, 4) is 16.9 Å². The van der Waals surface area contributed by atoms with E-state index in [4.69, 9.17) is 4.74 Å². The molecule has 1 amide bonds. The number of hydrogen-bond acceptors (Lipinski definition) is 5. The Labute approximate surface area is 200 Å². The number of benzene rings is 2. The van der Waals surface area contributed by atoms with E-state index in [2.05, 4.69) is 51.7 Å². The minimum Gasteiger partial charge on any atom is -0.482 e. The van der Waals surface area contributed by atoms with E-state index in [1.54, 1.807) is 0 Å². The third-order valence-corrected chi connectivity index (χ3v) is 6.83. The van der Waals surface area contributed by atoms with E-state index in [0.717, 1.165) is 59.5 Å². The first-order valence-corrected chi connectivity index (χ1v) is 12.0. The molecule has 6 nitrogen and oxygen atoms in total. The summed E-state index contributed by atoms with van der Waals surface area (Å²) < 4.78 is 6.62. The van der Waals surface area contributed by atoms with E-state index < -0.39 is 0 Å². The van der Waals surface area contributed by atoms with E-state index in [-0.39, 0.29) is 11.5 Å².